The number of hydrogen-bond acceptors (Lipinski definition) is 10. The number of ether oxygens (including phenoxy) is 1. The number of aromatic nitrogens is 4. The largest absolute Gasteiger partial charge is 0.508 e. The quantitative estimate of drug-likeness (QED) is 0.230. The third kappa shape index (κ3) is 5.74. The molecule has 0 amide bonds. The van der Waals surface area contributed by atoms with E-state index in [2.05, 4.69) is 19.9 Å². The number of alkyl halides is 1. The van der Waals surface area contributed by atoms with Crippen LogP contribution in [-0.4, -0.2) is 52.4 Å². The summed E-state index contributed by atoms with van der Waals surface area (Å²) in [5.74, 6) is 2.43. The Morgan fingerprint density at radius 3 is 1.66 bits per heavy atom. The number of halogens is 1. The molecule has 0 saturated heterocycles. The molecule has 0 fully saturated rings. The summed E-state index contributed by atoms with van der Waals surface area (Å²) >= 11 is 0. The van der Waals surface area contributed by atoms with Gasteiger partial charge in [0.25, 0.3) is 0 Å². The van der Waals surface area contributed by atoms with Gasteiger partial charge in [-0.25, -0.2) is 24.3 Å². The summed E-state index contributed by atoms with van der Waals surface area (Å²) in [4.78, 5) is 20.8. The smallest absolute Gasteiger partial charge is 0.231 e. The predicted octanol–water partition coefficient (Wildman–Crippen LogP) is 6.65. The second-order valence-electron chi connectivity index (χ2n) is 9.26. The first-order valence-corrected chi connectivity index (χ1v) is 12.8. The van der Waals surface area contributed by atoms with Crippen molar-refractivity contribution in [3.63, 3.8) is 0 Å². The number of aryl methyl sites for hydroxylation is 2. The lowest BCUT2D eigenvalue weighted by atomic mass is 10.2. The van der Waals surface area contributed by atoms with Gasteiger partial charge in [0.15, 0.2) is 0 Å². The van der Waals surface area contributed by atoms with E-state index in [1.54, 1.807) is 24.7 Å². The number of furan rings is 2. The van der Waals surface area contributed by atoms with Gasteiger partial charge in [-0.3, -0.25) is 0 Å². The predicted molar refractivity (Wildman–Crippen MR) is 155 cm³/mol. The normalized spacial score (nSPS) is 10.9. The molecule has 2 aromatic carbocycles. The maximum Gasteiger partial charge on any atom is 0.231 e. The third-order valence-electron chi connectivity index (χ3n) is 6.51. The Bertz CT molecular complexity index is 1750. The standard InChI is InChI=1S/C16H16FN3O2.C14H13N3O2/c1-11-9-22-16-14(11)15(18-10-19-16)20(2)12-3-5-13(6-4-12)21-8-7-17;1-9-7-19-14-12(9)13(15-8-16-14)17(2)10-3-5-11(18)6-4-10/h3-6,9-10H,7-8H2,1-2H3;3-8,18H,1-2H3/i17-1;. The molecule has 0 spiro atoms. The van der Waals surface area contributed by atoms with Gasteiger partial charge in [-0.1, -0.05) is 0 Å². The van der Waals surface area contributed by atoms with Gasteiger partial charge in [0.2, 0.25) is 11.4 Å². The number of aromatic hydroxyl groups is 1. The van der Waals surface area contributed by atoms with E-state index in [1.807, 2.05) is 74.1 Å². The fraction of sp³-hybridized carbons (Fsp3) is 0.200. The van der Waals surface area contributed by atoms with Gasteiger partial charge in [-0.05, 0) is 62.4 Å². The molecular formula is C30H29FN6O4. The van der Waals surface area contributed by atoms with Gasteiger partial charge in [-0.2, -0.15) is 0 Å². The van der Waals surface area contributed by atoms with E-state index in [0.29, 0.717) is 17.2 Å². The second kappa shape index (κ2) is 11.9. The Balaban J connectivity index is 0.000000166. The molecule has 11 heteroatoms. The molecular weight excluding hydrogens is 526 g/mol. The zero-order valence-electron chi connectivity index (χ0n) is 23.1. The summed E-state index contributed by atoms with van der Waals surface area (Å²) in [6.07, 6.45) is 6.31. The van der Waals surface area contributed by atoms with Crippen LogP contribution in [0.1, 0.15) is 11.1 Å². The molecule has 0 aliphatic carbocycles. The maximum absolute atomic E-state index is 12.1. The number of phenolic OH excluding ortho intramolecular Hbond substituents is 1. The molecule has 0 bridgehead atoms. The van der Waals surface area contributed by atoms with Crippen LogP contribution in [0.25, 0.3) is 22.2 Å². The van der Waals surface area contributed by atoms with Crippen molar-refractivity contribution >= 4 is 45.2 Å². The van der Waals surface area contributed by atoms with Crippen molar-refractivity contribution < 1.29 is 23.1 Å². The van der Waals surface area contributed by atoms with Crippen molar-refractivity contribution in [2.24, 2.45) is 0 Å². The zero-order valence-corrected chi connectivity index (χ0v) is 23.1. The minimum Gasteiger partial charge on any atom is -0.508 e. The number of anilines is 4. The Hall–Kier alpha value is -5.19. The Morgan fingerprint density at radius 1 is 0.732 bits per heavy atom. The van der Waals surface area contributed by atoms with Gasteiger partial charge in [0.05, 0.1) is 23.3 Å². The molecule has 6 rings (SSSR count). The zero-order chi connectivity index (χ0) is 28.9. The average molecular weight is 556 g/mol. The van der Waals surface area contributed by atoms with Gasteiger partial charge in [0, 0.05) is 36.6 Å². The van der Waals surface area contributed by atoms with Crippen molar-refractivity contribution in [2.45, 2.75) is 13.8 Å². The fourth-order valence-electron chi connectivity index (χ4n) is 4.35. The monoisotopic (exact) mass is 555 g/mol. The summed E-state index contributed by atoms with van der Waals surface area (Å²) in [5, 5.41) is 11.1. The van der Waals surface area contributed by atoms with E-state index in [-0.39, 0.29) is 12.4 Å². The lowest BCUT2D eigenvalue weighted by Crippen LogP contribution is -2.12. The molecule has 1 N–H and O–H groups in total. The molecule has 10 nitrogen and oxygen atoms in total. The SMILES string of the molecule is Cc1coc2ncnc(N(C)c3ccc(O)cc3)c12.Cc1coc2ncnc(N(C)c3ccc(OCC[18F])cc3)c12. The summed E-state index contributed by atoms with van der Waals surface area (Å²) in [6.45, 7) is 3.49. The second-order valence-corrected chi connectivity index (χ2v) is 9.26. The maximum atomic E-state index is 12.1. The van der Waals surface area contributed by atoms with Crippen LogP contribution in [0.5, 0.6) is 11.5 Å². The Kier molecular flexibility index (Phi) is 7.95. The lowest BCUT2D eigenvalue weighted by molar-refractivity contribution is 0.273. The minimum atomic E-state index is -0.500. The molecule has 210 valence electrons. The van der Waals surface area contributed by atoms with Crippen LogP contribution in [-0.2, 0) is 0 Å². The number of phenols is 1. The van der Waals surface area contributed by atoms with Crippen LogP contribution in [0.2, 0.25) is 0 Å². The Labute approximate surface area is 235 Å². The van der Waals surface area contributed by atoms with Crippen LogP contribution in [0, 0.1) is 13.8 Å². The topological polar surface area (TPSA) is 114 Å². The summed E-state index contributed by atoms with van der Waals surface area (Å²) in [5.41, 5.74) is 4.99. The van der Waals surface area contributed by atoms with Crippen LogP contribution < -0.4 is 14.5 Å². The van der Waals surface area contributed by atoms with Crippen molar-refractivity contribution in [2.75, 3.05) is 37.2 Å². The third-order valence-corrected chi connectivity index (χ3v) is 6.51. The van der Waals surface area contributed by atoms with Gasteiger partial charge >= 0.3 is 0 Å². The highest BCUT2D eigenvalue weighted by molar-refractivity contribution is 5.92. The first-order chi connectivity index (χ1) is 19.9. The van der Waals surface area contributed by atoms with Crippen molar-refractivity contribution in [3.8, 4) is 11.5 Å². The van der Waals surface area contributed by atoms with E-state index in [9.17, 15) is 9.50 Å². The summed E-state index contributed by atoms with van der Waals surface area (Å²) in [7, 11) is 3.84. The minimum absolute atomic E-state index is 0.0654. The van der Waals surface area contributed by atoms with Crippen LogP contribution in [0.4, 0.5) is 27.4 Å². The highest BCUT2D eigenvalue weighted by Gasteiger charge is 2.16. The molecule has 0 unspecified atom stereocenters. The molecule has 0 radical (unpaired) electrons. The van der Waals surface area contributed by atoms with E-state index >= 15 is 0 Å². The molecule has 0 aliphatic rings. The molecule has 4 heterocycles. The highest BCUT2D eigenvalue weighted by atomic mass is 18.2. The first kappa shape index (κ1) is 27.4. The number of hydrogen-bond donors (Lipinski definition) is 1. The molecule has 6 aromatic rings. The fourth-order valence-corrected chi connectivity index (χ4v) is 4.35. The molecule has 0 aliphatic heterocycles. The van der Waals surface area contributed by atoms with Crippen molar-refractivity contribution in [1.82, 2.24) is 19.9 Å². The summed E-state index contributed by atoms with van der Waals surface area (Å²) < 4.78 is 28.1. The highest BCUT2D eigenvalue weighted by Crippen LogP contribution is 2.33. The number of nitrogens with zero attached hydrogens (tertiary/aromatic N) is 6. The molecule has 0 saturated carbocycles. The van der Waals surface area contributed by atoms with Crippen LogP contribution in [0.15, 0.2) is 82.5 Å². The lowest BCUT2D eigenvalue weighted by Gasteiger charge is -2.19. The number of benzene rings is 2. The molecule has 0 atom stereocenters. The van der Waals surface area contributed by atoms with E-state index in [4.69, 9.17) is 13.6 Å². The number of fused-ring (bicyclic) bond motifs is 2. The molecule has 4 aromatic heterocycles. The van der Waals surface area contributed by atoms with Crippen molar-refractivity contribution in [3.05, 3.63) is 84.8 Å². The van der Waals surface area contributed by atoms with Crippen LogP contribution >= 0.6 is 0 Å². The van der Waals surface area contributed by atoms with Gasteiger partial charge in [-0.15, -0.1) is 0 Å². The van der Waals surface area contributed by atoms with Crippen LogP contribution in [0.3, 0.4) is 0 Å². The molecule has 41 heavy (non-hydrogen) atoms. The van der Waals surface area contributed by atoms with E-state index < -0.39 is 6.67 Å². The number of rotatable bonds is 7. The average Bonchev–Trinajstić information content (AvgIpc) is 3.58. The van der Waals surface area contributed by atoms with Gasteiger partial charge in [0.1, 0.15) is 49.1 Å². The van der Waals surface area contributed by atoms with E-state index in [1.165, 1.54) is 12.7 Å². The summed E-state index contributed by atoms with van der Waals surface area (Å²) in [6, 6.07) is 14.4. The Morgan fingerprint density at radius 2 is 1.20 bits per heavy atom. The van der Waals surface area contributed by atoms with Crippen molar-refractivity contribution in [1.29, 1.82) is 0 Å². The van der Waals surface area contributed by atoms with E-state index in [0.717, 1.165) is 44.9 Å². The first-order valence-electron chi connectivity index (χ1n) is 12.8. The van der Waals surface area contributed by atoms with Gasteiger partial charge < -0.3 is 28.5 Å².